The summed E-state index contributed by atoms with van der Waals surface area (Å²) in [4.78, 5) is 8.78. The number of alkyl halides is 6. The van der Waals surface area contributed by atoms with Gasteiger partial charge in [0, 0.05) is 0 Å². The first-order valence-electron chi connectivity index (χ1n) is 4.42. The summed E-state index contributed by atoms with van der Waals surface area (Å²) in [5, 5.41) is 6.69. The average Bonchev–Trinajstić information content (AvgIpc) is 2.59. The SMILES string of the molecule is NC(=O)O.OCC1COC(C(F)(F)Cl)(C(F)(F)Cl)O1. The van der Waals surface area contributed by atoms with Crippen LogP contribution in [0.3, 0.4) is 0 Å². The van der Waals surface area contributed by atoms with Crippen molar-refractivity contribution in [3.8, 4) is 0 Å². The molecule has 0 radical (unpaired) electrons. The number of ether oxygens (including phenoxy) is 2. The smallest absolute Gasteiger partial charge is 0.402 e. The molecule has 0 aromatic carbocycles. The summed E-state index contributed by atoms with van der Waals surface area (Å²) in [6, 6.07) is 0. The first kappa shape index (κ1) is 18.4. The number of halogens is 6. The van der Waals surface area contributed by atoms with Crippen LogP contribution in [0.1, 0.15) is 0 Å². The number of hydrogen-bond acceptors (Lipinski definition) is 4. The third-order valence-corrected chi connectivity index (χ3v) is 2.25. The van der Waals surface area contributed by atoms with E-state index in [0.29, 0.717) is 0 Å². The van der Waals surface area contributed by atoms with Crippen LogP contribution >= 0.6 is 23.2 Å². The standard InChI is InChI=1S/C6H6Cl2F4O3.CH3NO2/c7-5(9,10)4(6(8,11)12)14-2-3(1-13)15-4;2-1(3)4/h3,13H,1-2H2;2H2,(H,3,4). The number of aliphatic hydroxyl groups excluding tert-OH is 1. The van der Waals surface area contributed by atoms with Crippen molar-refractivity contribution in [3.05, 3.63) is 0 Å². The number of primary amides is 1. The van der Waals surface area contributed by atoms with Gasteiger partial charge in [-0.3, -0.25) is 0 Å². The molecule has 0 aromatic rings. The molecule has 1 atom stereocenters. The first-order valence-corrected chi connectivity index (χ1v) is 5.17. The van der Waals surface area contributed by atoms with Crippen LogP contribution in [0.4, 0.5) is 22.4 Å². The monoisotopic (exact) mass is 333 g/mol. The average molecular weight is 334 g/mol. The summed E-state index contributed by atoms with van der Waals surface area (Å²) >= 11 is 8.95. The van der Waals surface area contributed by atoms with E-state index in [1.165, 1.54) is 0 Å². The van der Waals surface area contributed by atoms with Gasteiger partial charge in [-0.25, -0.2) is 4.79 Å². The van der Waals surface area contributed by atoms with Crippen LogP contribution in [0.2, 0.25) is 0 Å². The lowest BCUT2D eigenvalue weighted by molar-refractivity contribution is -0.329. The lowest BCUT2D eigenvalue weighted by Crippen LogP contribution is -2.57. The molecule has 0 spiro atoms. The Morgan fingerprint density at radius 2 is 1.74 bits per heavy atom. The molecule has 1 saturated heterocycles. The van der Waals surface area contributed by atoms with Crippen molar-refractivity contribution in [2.24, 2.45) is 5.73 Å². The fourth-order valence-corrected chi connectivity index (χ4v) is 1.54. The van der Waals surface area contributed by atoms with Crippen LogP contribution in [0, 0.1) is 0 Å². The molecular weight excluding hydrogens is 325 g/mol. The number of aliphatic hydroxyl groups is 1. The van der Waals surface area contributed by atoms with E-state index in [0.717, 1.165) is 0 Å². The maximum Gasteiger partial charge on any atom is 0.402 e. The van der Waals surface area contributed by atoms with E-state index in [2.05, 4.69) is 38.4 Å². The van der Waals surface area contributed by atoms with Crippen molar-refractivity contribution in [1.82, 2.24) is 0 Å². The Balaban J connectivity index is 0.000000711. The molecule has 114 valence electrons. The molecule has 6 nitrogen and oxygen atoms in total. The van der Waals surface area contributed by atoms with Gasteiger partial charge in [0.25, 0.3) is 0 Å². The largest absolute Gasteiger partial charge is 0.465 e. The van der Waals surface area contributed by atoms with Gasteiger partial charge in [-0.1, -0.05) is 0 Å². The van der Waals surface area contributed by atoms with Gasteiger partial charge < -0.3 is 25.4 Å². The Morgan fingerprint density at radius 3 is 1.89 bits per heavy atom. The van der Waals surface area contributed by atoms with Crippen molar-refractivity contribution < 1.29 is 42.0 Å². The van der Waals surface area contributed by atoms with Gasteiger partial charge in [-0.2, -0.15) is 17.6 Å². The molecule has 12 heteroatoms. The minimum absolute atomic E-state index is 0.652. The van der Waals surface area contributed by atoms with E-state index in [4.69, 9.17) is 15.0 Å². The fourth-order valence-electron chi connectivity index (χ4n) is 1.06. The van der Waals surface area contributed by atoms with Crippen LogP contribution in [0.5, 0.6) is 0 Å². The molecule has 1 fully saturated rings. The lowest BCUT2D eigenvalue weighted by atomic mass is 10.3. The molecule has 0 aliphatic carbocycles. The Kier molecular flexibility index (Phi) is 6.09. The summed E-state index contributed by atoms with van der Waals surface area (Å²) in [6.45, 7) is -1.41. The van der Waals surface area contributed by atoms with Gasteiger partial charge >= 0.3 is 22.6 Å². The highest BCUT2D eigenvalue weighted by Gasteiger charge is 2.73. The molecule has 19 heavy (non-hydrogen) atoms. The van der Waals surface area contributed by atoms with E-state index in [1.807, 2.05) is 0 Å². The van der Waals surface area contributed by atoms with Gasteiger partial charge in [0.15, 0.2) is 0 Å². The number of carboxylic acid groups (broad SMARTS) is 1. The number of rotatable bonds is 3. The topological polar surface area (TPSA) is 102 Å². The van der Waals surface area contributed by atoms with E-state index in [1.54, 1.807) is 0 Å². The maximum atomic E-state index is 12.8. The predicted molar refractivity (Wildman–Crippen MR) is 54.5 cm³/mol. The van der Waals surface area contributed by atoms with Crippen molar-refractivity contribution in [2.75, 3.05) is 13.2 Å². The van der Waals surface area contributed by atoms with Crippen molar-refractivity contribution in [3.63, 3.8) is 0 Å². The van der Waals surface area contributed by atoms with Crippen molar-refractivity contribution in [1.29, 1.82) is 0 Å². The highest BCUT2D eigenvalue weighted by atomic mass is 35.5. The molecule has 0 bridgehead atoms. The molecule has 1 aliphatic rings. The molecule has 0 saturated carbocycles. The minimum Gasteiger partial charge on any atom is -0.465 e. The molecular formula is C7H9Cl2F4NO5. The first-order chi connectivity index (χ1) is 8.37. The summed E-state index contributed by atoms with van der Waals surface area (Å²) < 4.78 is 59.3. The number of nitrogens with two attached hydrogens (primary N) is 1. The van der Waals surface area contributed by atoms with Crippen molar-refractivity contribution in [2.45, 2.75) is 22.7 Å². The third kappa shape index (κ3) is 4.49. The van der Waals surface area contributed by atoms with Gasteiger partial charge in [0.05, 0.1) is 13.2 Å². The normalized spacial score (nSPS) is 22.6. The zero-order valence-corrected chi connectivity index (χ0v) is 10.5. The molecule has 1 aliphatic heterocycles. The van der Waals surface area contributed by atoms with Crippen molar-refractivity contribution >= 4 is 29.3 Å². The Morgan fingerprint density at radius 1 is 1.37 bits per heavy atom. The Hall–Kier alpha value is -0.550. The zero-order valence-electron chi connectivity index (χ0n) is 8.96. The van der Waals surface area contributed by atoms with E-state index in [-0.39, 0.29) is 0 Å². The predicted octanol–water partition coefficient (Wildman–Crippen LogP) is 1.38. The Bertz CT molecular complexity index is 304. The number of amides is 1. The number of carbonyl (C=O) groups is 1. The lowest BCUT2D eigenvalue weighted by Gasteiger charge is -2.34. The number of hydrogen-bond donors (Lipinski definition) is 3. The highest BCUT2D eigenvalue weighted by molar-refractivity contribution is 6.26. The van der Waals surface area contributed by atoms with Crippen LogP contribution in [0.25, 0.3) is 0 Å². The van der Waals surface area contributed by atoms with E-state index >= 15 is 0 Å². The third-order valence-electron chi connectivity index (χ3n) is 1.76. The summed E-state index contributed by atoms with van der Waals surface area (Å²) in [6.07, 6.45) is -2.65. The fraction of sp³-hybridized carbons (Fsp3) is 0.857. The maximum absolute atomic E-state index is 12.8. The highest BCUT2D eigenvalue weighted by Crippen LogP contribution is 2.52. The van der Waals surface area contributed by atoms with Crippen LogP contribution in [-0.2, 0) is 9.47 Å². The summed E-state index contributed by atoms with van der Waals surface area (Å²) in [5.74, 6) is -3.75. The van der Waals surface area contributed by atoms with E-state index < -0.39 is 42.0 Å². The van der Waals surface area contributed by atoms with Crippen LogP contribution < -0.4 is 5.73 Å². The quantitative estimate of drug-likeness (QED) is 0.535. The molecule has 1 heterocycles. The van der Waals surface area contributed by atoms with Gasteiger partial charge in [-0.15, -0.1) is 0 Å². The van der Waals surface area contributed by atoms with Crippen LogP contribution in [-0.4, -0.2) is 52.2 Å². The second kappa shape index (κ2) is 6.27. The van der Waals surface area contributed by atoms with Gasteiger partial charge in [0.1, 0.15) is 6.10 Å². The summed E-state index contributed by atoms with van der Waals surface area (Å²) in [5.41, 5.74) is 4.03. The summed E-state index contributed by atoms with van der Waals surface area (Å²) in [7, 11) is 0. The Labute approximate surface area is 114 Å². The minimum atomic E-state index is -4.53. The second-order valence-corrected chi connectivity index (χ2v) is 4.13. The molecule has 1 amide bonds. The van der Waals surface area contributed by atoms with Crippen LogP contribution in [0.15, 0.2) is 0 Å². The van der Waals surface area contributed by atoms with Gasteiger partial charge in [0.2, 0.25) is 0 Å². The molecule has 1 unspecified atom stereocenters. The van der Waals surface area contributed by atoms with E-state index in [9.17, 15) is 17.6 Å². The molecule has 0 aromatic heterocycles. The van der Waals surface area contributed by atoms with Gasteiger partial charge in [-0.05, 0) is 23.2 Å². The second-order valence-electron chi connectivity index (χ2n) is 3.18. The molecule has 4 N–H and O–H groups in total. The zero-order chi connectivity index (χ0) is 15.5. The molecule has 1 rings (SSSR count).